The van der Waals surface area contributed by atoms with E-state index in [2.05, 4.69) is 0 Å². The molecule has 0 aromatic heterocycles. The minimum absolute atomic E-state index is 0.0480. The van der Waals surface area contributed by atoms with E-state index in [1.165, 1.54) is 29.2 Å². The highest BCUT2D eigenvalue weighted by Crippen LogP contribution is 2.19. The fourth-order valence-electron chi connectivity index (χ4n) is 1.82. The number of rotatable bonds is 5. The Hall–Kier alpha value is -2.14. The number of hydrogen-bond acceptors (Lipinski definition) is 2. The summed E-state index contributed by atoms with van der Waals surface area (Å²) in [5.74, 6) is -1.20. The number of carbonyl (C=O) groups excluding carboxylic acids is 1. The van der Waals surface area contributed by atoms with Crippen LogP contribution in [0.1, 0.15) is 10.4 Å². The third-order valence-electron chi connectivity index (χ3n) is 3.03. The van der Waals surface area contributed by atoms with Crippen molar-refractivity contribution in [2.75, 3.05) is 20.2 Å². The molecule has 0 saturated carbocycles. The van der Waals surface area contributed by atoms with Gasteiger partial charge in [-0.15, -0.1) is 0 Å². The van der Waals surface area contributed by atoms with E-state index in [9.17, 15) is 13.6 Å². The van der Waals surface area contributed by atoms with Crippen molar-refractivity contribution in [2.24, 2.45) is 0 Å². The van der Waals surface area contributed by atoms with E-state index in [4.69, 9.17) is 16.3 Å². The molecule has 0 aliphatic carbocycles. The van der Waals surface area contributed by atoms with E-state index in [0.717, 1.165) is 6.07 Å². The van der Waals surface area contributed by atoms with E-state index < -0.39 is 11.6 Å². The first-order valence-electron chi connectivity index (χ1n) is 6.57. The standard InChI is InChI=1S/C16H14ClF2NO2/c1-20(8-9-22-15-5-3-2-4-14(15)19)16(21)12-7-6-11(18)10-13(12)17/h2-7,10H,8-9H2,1H3. The van der Waals surface area contributed by atoms with Crippen molar-refractivity contribution in [3.05, 3.63) is 64.7 Å². The van der Waals surface area contributed by atoms with Crippen LogP contribution in [0.15, 0.2) is 42.5 Å². The van der Waals surface area contributed by atoms with Gasteiger partial charge in [0.2, 0.25) is 0 Å². The number of hydrogen-bond donors (Lipinski definition) is 0. The van der Waals surface area contributed by atoms with Gasteiger partial charge in [0.05, 0.1) is 17.1 Å². The van der Waals surface area contributed by atoms with Gasteiger partial charge in [-0.05, 0) is 30.3 Å². The van der Waals surface area contributed by atoms with Crippen molar-refractivity contribution in [2.45, 2.75) is 0 Å². The van der Waals surface area contributed by atoms with Gasteiger partial charge in [0, 0.05) is 7.05 Å². The molecule has 6 heteroatoms. The Bertz CT molecular complexity index is 679. The molecule has 2 aromatic rings. The number of halogens is 3. The summed E-state index contributed by atoms with van der Waals surface area (Å²) in [5, 5.41) is 0.0480. The molecule has 0 aliphatic heterocycles. The second-order valence-corrected chi connectivity index (χ2v) is 5.04. The van der Waals surface area contributed by atoms with Crippen LogP contribution in [0.2, 0.25) is 5.02 Å². The minimum Gasteiger partial charge on any atom is -0.489 e. The van der Waals surface area contributed by atoms with Crippen molar-refractivity contribution in [3.8, 4) is 5.75 Å². The van der Waals surface area contributed by atoms with Crippen LogP contribution in [0.5, 0.6) is 5.75 Å². The summed E-state index contributed by atoms with van der Waals surface area (Å²) in [7, 11) is 1.56. The Labute approximate surface area is 132 Å². The van der Waals surface area contributed by atoms with Gasteiger partial charge in [-0.2, -0.15) is 0 Å². The van der Waals surface area contributed by atoms with Crippen LogP contribution in [-0.4, -0.2) is 31.0 Å². The molecule has 0 spiro atoms. The summed E-state index contributed by atoms with van der Waals surface area (Å²) in [6, 6.07) is 9.60. The number of benzene rings is 2. The second-order valence-electron chi connectivity index (χ2n) is 4.63. The summed E-state index contributed by atoms with van der Waals surface area (Å²) in [6.45, 7) is 0.364. The van der Waals surface area contributed by atoms with Crippen molar-refractivity contribution < 1.29 is 18.3 Å². The van der Waals surface area contributed by atoms with Gasteiger partial charge in [0.15, 0.2) is 11.6 Å². The van der Waals surface area contributed by atoms with Gasteiger partial charge >= 0.3 is 0 Å². The lowest BCUT2D eigenvalue weighted by atomic mass is 10.2. The molecule has 0 saturated heterocycles. The zero-order chi connectivity index (χ0) is 16.1. The quantitative estimate of drug-likeness (QED) is 0.837. The van der Waals surface area contributed by atoms with E-state index in [0.29, 0.717) is 0 Å². The molecule has 116 valence electrons. The Morgan fingerprint density at radius 3 is 2.64 bits per heavy atom. The molecule has 3 nitrogen and oxygen atoms in total. The average Bonchev–Trinajstić information content (AvgIpc) is 2.48. The molecule has 0 heterocycles. The number of nitrogens with zero attached hydrogens (tertiary/aromatic N) is 1. The predicted molar refractivity (Wildman–Crippen MR) is 80.3 cm³/mol. The summed E-state index contributed by atoms with van der Waals surface area (Å²) in [4.78, 5) is 13.6. The second kappa shape index (κ2) is 7.22. The first-order valence-corrected chi connectivity index (χ1v) is 6.94. The highest BCUT2D eigenvalue weighted by atomic mass is 35.5. The number of amides is 1. The van der Waals surface area contributed by atoms with Crippen molar-refractivity contribution >= 4 is 17.5 Å². The zero-order valence-electron chi connectivity index (χ0n) is 11.9. The molecule has 0 atom stereocenters. The molecule has 0 N–H and O–H groups in total. The first-order chi connectivity index (χ1) is 10.5. The van der Waals surface area contributed by atoms with Gasteiger partial charge < -0.3 is 9.64 Å². The topological polar surface area (TPSA) is 29.5 Å². The smallest absolute Gasteiger partial charge is 0.255 e. The van der Waals surface area contributed by atoms with Crippen LogP contribution in [0.4, 0.5) is 8.78 Å². The lowest BCUT2D eigenvalue weighted by Gasteiger charge is -2.18. The van der Waals surface area contributed by atoms with Crippen LogP contribution in [0, 0.1) is 11.6 Å². The minimum atomic E-state index is -0.507. The third-order valence-corrected chi connectivity index (χ3v) is 3.34. The van der Waals surface area contributed by atoms with Gasteiger partial charge in [-0.1, -0.05) is 23.7 Å². The largest absolute Gasteiger partial charge is 0.489 e. The molecule has 0 fully saturated rings. The molecular formula is C16H14ClF2NO2. The summed E-state index contributed by atoms with van der Waals surface area (Å²) in [6.07, 6.45) is 0. The number of carbonyl (C=O) groups is 1. The van der Waals surface area contributed by atoms with E-state index >= 15 is 0 Å². The van der Waals surface area contributed by atoms with E-state index in [1.807, 2.05) is 0 Å². The zero-order valence-corrected chi connectivity index (χ0v) is 12.6. The van der Waals surface area contributed by atoms with Crippen molar-refractivity contribution in [1.29, 1.82) is 0 Å². The molecule has 2 aromatic carbocycles. The maximum atomic E-state index is 13.4. The van der Waals surface area contributed by atoms with Crippen LogP contribution in [-0.2, 0) is 0 Å². The first kappa shape index (κ1) is 16.2. The highest BCUT2D eigenvalue weighted by molar-refractivity contribution is 6.33. The summed E-state index contributed by atoms with van der Waals surface area (Å²) < 4.78 is 31.6. The Balaban J connectivity index is 1.93. The normalized spacial score (nSPS) is 10.4. The fourth-order valence-corrected chi connectivity index (χ4v) is 2.07. The molecule has 22 heavy (non-hydrogen) atoms. The van der Waals surface area contributed by atoms with Crippen LogP contribution < -0.4 is 4.74 Å². The number of ether oxygens (including phenoxy) is 1. The summed E-state index contributed by atoms with van der Waals surface area (Å²) in [5.41, 5.74) is 0.205. The van der Waals surface area contributed by atoms with Crippen LogP contribution in [0.25, 0.3) is 0 Å². The predicted octanol–water partition coefficient (Wildman–Crippen LogP) is 3.77. The van der Waals surface area contributed by atoms with Crippen LogP contribution >= 0.6 is 11.6 Å². The third kappa shape index (κ3) is 3.95. The number of likely N-dealkylation sites (N-methyl/N-ethyl adjacent to an activating group) is 1. The van der Waals surface area contributed by atoms with Gasteiger partial charge in [-0.25, -0.2) is 8.78 Å². The SMILES string of the molecule is CN(CCOc1ccccc1F)C(=O)c1ccc(F)cc1Cl. The van der Waals surface area contributed by atoms with Gasteiger partial charge in [0.25, 0.3) is 5.91 Å². The molecule has 0 aliphatic rings. The Kier molecular flexibility index (Phi) is 5.33. The average molecular weight is 326 g/mol. The molecule has 0 radical (unpaired) electrons. The van der Waals surface area contributed by atoms with Gasteiger partial charge in [-0.3, -0.25) is 4.79 Å². The molecule has 0 bridgehead atoms. The Morgan fingerprint density at radius 1 is 1.23 bits per heavy atom. The molecule has 2 rings (SSSR count). The summed E-state index contributed by atoms with van der Waals surface area (Å²) >= 11 is 5.85. The molecular weight excluding hydrogens is 312 g/mol. The van der Waals surface area contributed by atoms with Crippen molar-refractivity contribution in [1.82, 2.24) is 4.90 Å². The lowest BCUT2D eigenvalue weighted by Crippen LogP contribution is -2.31. The maximum Gasteiger partial charge on any atom is 0.255 e. The molecule has 1 amide bonds. The Morgan fingerprint density at radius 2 is 1.95 bits per heavy atom. The fraction of sp³-hybridized carbons (Fsp3) is 0.188. The monoisotopic (exact) mass is 325 g/mol. The van der Waals surface area contributed by atoms with E-state index in [-0.39, 0.29) is 35.4 Å². The van der Waals surface area contributed by atoms with Crippen LogP contribution in [0.3, 0.4) is 0 Å². The van der Waals surface area contributed by atoms with E-state index in [1.54, 1.807) is 19.2 Å². The highest BCUT2D eigenvalue weighted by Gasteiger charge is 2.15. The van der Waals surface area contributed by atoms with Crippen molar-refractivity contribution in [3.63, 3.8) is 0 Å². The molecule has 0 unspecified atom stereocenters. The lowest BCUT2D eigenvalue weighted by molar-refractivity contribution is 0.0773. The number of para-hydroxylation sites is 1. The maximum absolute atomic E-state index is 13.4. The van der Waals surface area contributed by atoms with Gasteiger partial charge in [0.1, 0.15) is 12.4 Å².